The first-order chi connectivity index (χ1) is 5.20. The number of hydrogen-bond donors (Lipinski definition) is 1. The molecule has 1 saturated carbocycles. The second-order valence-corrected chi connectivity index (χ2v) is 3.30. The number of carbonyl (C=O) groups excluding carboxylic acids is 1. The van der Waals surface area contributed by atoms with Crippen molar-refractivity contribution in [1.82, 2.24) is 0 Å². The highest BCUT2D eigenvalue weighted by atomic mass is 16.3. The minimum absolute atomic E-state index is 0.190. The van der Waals surface area contributed by atoms with Gasteiger partial charge in [0.25, 0.3) is 0 Å². The Balaban J connectivity index is 2.31. The molecule has 2 heteroatoms. The lowest BCUT2D eigenvalue weighted by molar-refractivity contribution is -0.120. The zero-order chi connectivity index (χ0) is 8.43. The summed E-state index contributed by atoms with van der Waals surface area (Å²) < 4.78 is 0. The monoisotopic (exact) mass is 156 g/mol. The lowest BCUT2D eigenvalue weighted by Gasteiger charge is -2.04. The van der Waals surface area contributed by atoms with Crippen molar-refractivity contribution in [2.45, 2.75) is 39.2 Å². The second kappa shape index (κ2) is 3.35. The molecule has 0 aliphatic heterocycles. The third-order valence-electron chi connectivity index (χ3n) is 2.51. The summed E-state index contributed by atoms with van der Waals surface area (Å²) in [5.74, 6) is 0.796. The van der Waals surface area contributed by atoms with Crippen LogP contribution in [0, 0.1) is 11.8 Å². The highest BCUT2D eigenvalue weighted by Gasteiger charge is 2.45. The predicted molar refractivity (Wildman–Crippen MR) is 43.2 cm³/mol. The minimum Gasteiger partial charge on any atom is -0.393 e. The van der Waals surface area contributed by atoms with Crippen molar-refractivity contribution >= 4 is 5.78 Å². The molecule has 0 spiro atoms. The average Bonchev–Trinajstić information content (AvgIpc) is 2.80. The maximum absolute atomic E-state index is 11.1. The van der Waals surface area contributed by atoms with Gasteiger partial charge in [0.1, 0.15) is 5.78 Å². The van der Waals surface area contributed by atoms with Gasteiger partial charge in [0.15, 0.2) is 0 Å². The Morgan fingerprint density at radius 3 is 2.73 bits per heavy atom. The third kappa shape index (κ3) is 1.80. The molecule has 0 aromatic rings. The van der Waals surface area contributed by atoms with E-state index in [4.69, 9.17) is 0 Å². The zero-order valence-electron chi connectivity index (χ0n) is 7.21. The molecule has 64 valence electrons. The maximum atomic E-state index is 11.1. The van der Waals surface area contributed by atoms with Crippen LogP contribution in [0.3, 0.4) is 0 Å². The first-order valence-electron chi connectivity index (χ1n) is 4.41. The summed E-state index contributed by atoms with van der Waals surface area (Å²) in [5.41, 5.74) is 0. The van der Waals surface area contributed by atoms with Crippen LogP contribution in [-0.2, 0) is 4.79 Å². The fraction of sp³-hybridized carbons (Fsp3) is 0.889. The average molecular weight is 156 g/mol. The van der Waals surface area contributed by atoms with Crippen molar-refractivity contribution in [3.63, 3.8) is 0 Å². The van der Waals surface area contributed by atoms with Gasteiger partial charge in [-0.15, -0.1) is 0 Å². The van der Waals surface area contributed by atoms with Gasteiger partial charge in [-0.25, -0.2) is 0 Å². The molecule has 1 N–H and O–H groups in total. The molecule has 2 nitrogen and oxygen atoms in total. The highest BCUT2D eigenvalue weighted by Crippen LogP contribution is 2.43. The van der Waals surface area contributed by atoms with Gasteiger partial charge in [0, 0.05) is 12.3 Å². The standard InChI is InChI=1S/C9H16O2/c1-3-8(10)6-5-7(6)9(11)4-2/h6-8,10H,3-5H2,1-2H3/t6?,7-,8-/m0/s1. The van der Waals surface area contributed by atoms with Gasteiger partial charge in [-0.05, 0) is 18.8 Å². The molecule has 0 saturated heterocycles. The van der Waals surface area contributed by atoms with Crippen LogP contribution in [0.25, 0.3) is 0 Å². The number of aliphatic hydroxyl groups is 1. The number of ketones is 1. The second-order valence-electron chi connectivity index (χ2n) is 3.30. The van der Waals surface area contributed by atoms with E-state index in [0.29, 0.717) is 12.2 Å². The molecule has 0 aromatic carbocycles. The zero-order valence-corrected chi connectivity index (χ0v) is 7.21. The van der Waals surface area contributed by atoms with Gasteiger partial charge in [-0.1, -0.05) is 13.8 Å². The molecule has 1 aliphatic carbocycles. The number of Topliss-reactive ketones (excluding diaryl/α,β-unsaturated/α-hetero) is 1. The van der Waals surface area contributed by atoms with Crippen molar-refractivity contribution in [2.24, 2.45) is 11.8 Å². The molecule has 1 fully saturated rings. The Hall–Kier alpha value is -0.370. The van der Waals surface area contributed by atoms with Crippen LogP contribution in [0.4, 0.5) is 0 Å². The molecule has 1 rings (SSSR count). The minimum atomic E-state index is -0.240. The molecule has 1 unspecified atom stereocenters. The van der Waals surface area contributed by atoms with E-state index in [9.17, 15) is 9.90 Å². The van der Waals surface area contributed by atoms with E-state index in [-0.39, 0.29) is 17.9 Å². The van der Waals surface area contributed by atoms with Crippen molar-refractivity contribution in [2.75, 3.05) is 0 Å². The number of carbonyl (C=O) groups is 1. The number of aliphatic hydroxyl groups excluding tert-OH is 1. The molecule has 11 heavy (non-hydrogen) atoms. The lowest BCUT2D eigenvalue weighted by Crippen LogP contribution is -2.11. The van der Waals surface area contributed by atoms with Crippen LogP contribution in [0.1, 0.15) is 33.1 Å². The van der Waals surface area contributed by atoms with Gasteiger partial charge in [-0.3, -0.25) is 4.79 Å². The summed E-state index contributed by atoms with van der Waals surface area (Å²) in [7, 11) is 0. The van der Waals surface area contributed by atoms with E-state index in [1.165, 1.54) is 0 Å². The van der Waals surface area contributed by atoms with Crippen molar-refractivity contribution < 1.29 is 9.90 Å². The molecule has 0 bridgehead atoms. The fourth-order valence-corrected chi connectivity index (χ4v) is 1.58. The van der Waals surface area contributed by atoms with E-state index in [1.807, 2.05) is 13.8 Å². The summed E-state index contributed by atoms with van der Waals surface area (Å²) in [6, 6.07) is 0. The van der Waals surface area contributed by atoms with Crippen molar-refractivity contribution in [1.29, 1.82) is 0 Å². The van der Waals surface area contributed by atoms with Crippen LogP contribution in [-0.4, -0.2) is 17.0 Å². The first kappa shape index (κ1) is 8.72. The smallest absolute Gasteiger partial charge is 0.136 e. The summed E-state index contributed by atoms with van der Waals surface area (Å²) in [4.78, 5) is 11.1. The SMILES string of the molecule is CCC(=O)[C@H]1CC1[C@@H](O)CC. The highest BCUT2D eigenvalue weighted by molar-refractivity contribution is 5.83. The summed E-state index contributed by atoms with van der Waals surface area (Å²) in [6.07, 6.45) is 2.08. The Bertz CT molecular complexity index is 154. The van der Waals surface area contributed by atoms with Crippen LogP contribution in [0.15, 0.2) is 0 Å². The largest absolute Gasteiger partial charge is 0.393 e. The van der Waals surface area contributed by atoms with Crippen LogP contribution in [0.2, 0.25) is 0 Å². The topological polar surface area (TPSA) is 37.3 Å². The molecular weight excluding hydrogens is 140 g/mol. The van der Waals surface area contributed by atoms with Crippen LogP contribution in [0.5, 0.6) is 0 Å². The lowest BCUT2D eigenvalue weighted by atomic mass is 10.1. The van der Waals surface area contributed by atoms with Gasteiger partial charge < -0.3 is 5.11 Å². The maximum Gasteiger partial charge on any atom is 0.136 e. The first-order valence-corrected chi connectivity index (χ1v) is 4.41. The molecule has 3 atom stereocenters. The Morgan fingerprint density at radius 2 is 2.27 bits per heavy atom. The van der Waals surface area contributed by atoms with Gasteiger partial charge >= 0.3 is 0 Å². The van der Waals surface area contributed by atoms with E-state index >= 15 is 0 Å². The Labute approximate surface area is 67.6 Å². The summed E-state index contributed by atoms with van der Waals surface area (Å²) >= 11 is 0. The van der Waals surface area contributed by atoms with Crippen molar-refractivity contribution in [3.05, 3.63) is 0 Å². The molecule has 0 amide bonds. The van der Waals surface area contributed by atoms with Gasteiger partial charge in [-0.2, -0.15) is 0 Å². The van der Waals surface area contributed by atoms with E-state index in [2.05, 4.69) is 0 Å². The molecule has 1 aliphatic rings. The van der Waals surface area contributed by atoms with Crippen molar-refractivity contribution in [3.8, 4) is 0 Å². The van der Waals surface area contributed by atoms with E-state index in [0.717, 1.165) is 12.8 Å². The third-order valence-corrected chi connectivity index (χ3v) is 2.51. The van der Waals surface area contributed by atoms with Crippen LogP contribution < -0.4 is 0 Å². The molecule has 0 heterocycles. The van der Waals surface area contributed by atoms with Gasteiger partial charge in [0.2, 0.25) is 0 Å². The summed E-state index contributed by atoms with van der Waals surface area (Å²) in [6.45, 7) is 3.84. The summed E-state index contributed by atoms with van der Waals surface area (Å²) in [5, 5.41) is 9.36. The molecule has 0 aromatic heterocycles. The molecule has 0 radical (unpaired) electrons. The number of hydrogen-bond acceptors (Lipinski definition) is 2. The number of rotatable bonds is 4. The normalized spacial score (nSPS) is 31.5. The quantitative estimate of drug-likeness (QED) is 0.667. The fourth-order valence-electron chi connectivity index (χ4n) is 1.58. The van der Waals surface area contributed by atoms with Gasteiger partial charge in [0.05, 0.1) is 6.10 Å². The van der Waals surface area contributed by atoms with Crippen LogP contribution >= 0.6 is 0 Å². The Morgan fingerprint density at radius 1 is 1.64 bits per heavy atom. The Kier molecular flexibility index (Phi) is 2.66. The van der Waals surface area contributed by atoms with E-state index in [1.54, 1.807) is 0 Å². The predicted octanol–water partition coefficient (Wildman–Crippen LogP) is 1.37. The van der Waals surface area contributed by atoms with E-state index < -0.39 is 0 Å². The molecular formula is C9H16O2.